The van der Waals surface area contributed by atoms with Crippen molar-refractivity contribution in [3.8, 4) is 0 Å². The predicted molar refractivity (Wildman–Crippen MR) is 100 cm³/mol. The van der Waals surface area contributed by atoms with E-state index in [1.165, 1.54) is 12.8 Å². The summed E-state index contributed by atoms with van der Waals surface area (Å²) in [6, 6.07) is 0.0960. The average Bonchev–Trinajstić information content (AvgIpc) is 3.20. The van der Waals surface area contributed by atoms with E-state index < -0.39 is 0 Å². The standard InChI is InChI=1S/C20H33N3O2/c1-3-5-7-10-17-18(11-8-6-4-2)23(20(25)19(17)24)14-9-13-22-15-12-21-16-22/h12,15-16,18,24H,3-11,13-14H2,1-2H3. The zero-order chi connectivity index (χ0) is 18.1. The first-order valence-corrected chi connectivity index (χ1v) is 9.87. The lowest BCUT2D eigenvalue weighted by molar-refractivity contribution is -0.129. The minimum absolute atomic E-state index is 0.0280. The van der Waals surface area contributed by atoms with Gasteiger partial charge in [0.05, 0.1) is 12.4 Å². The number of carbonyl (C=O) groups excluding carboxylic acids is 1. The number of aromatic nitrogens is 2. The van der Waals surface area contributed by atoms with E-state index >= 15 is 0 Å². The van der Waals surface area contributed by atoms with Crippen LogP contribution in [0.2, 0.25) is 0 Å². The summed E-state index contributed by atoms with van der Waals surface area (Å²) in [6.45, 7) is 5.90. The Morgan fingerprint density at radius 2 is 1.84 bits per heavy atom. The molecular weight excluding hydrogens is 314 g/mol. The highest BCUT2D eigenvalue weighted by atomic mass is 16.3. The van der Waals surface area contributed by atoms with E-state index in [4.69, 9.17) is 0 Å². The second-order valence-electron chi connectivity index (χ2n) is 7.00. The first kappa shape index (κ1) is 19.5. The molecule has 0 saturated carbocycles. The van der Waals surface area contributed by atoms with E-state index in [0.29, 0.717) is 6.54 Å². The van der Waals surface area contributed by atoms with Crippen molar-refractivity contribution in [3.05, 3.63) is 30.1 Å². The number of amides is 1. The third-order valence-electron chi connectivity index (χ3n) is 5.05. The number of aliphatic hydroxyl groups is 1. The molecule has 1 atom stereocenters. The maximum Gasteiger partial charge on any atom is 0.289 e. The SMILES string of the molecule is CCCCCC1=C(O)C(=O)N(CCCn2ccnc2)C1CCCCC. The smallest absolute Gasteiger partial charge is 0.289 e. The highest BCUT2D eigenvalue weighted by Gasteiger charge is 2.37. The number of imidazole rings is 1. The van der Waals surface area contributed by atoms with Gasteiger partial charge in [-0.2, -0.15) is 0 Å². The molecule has 0 aromatic carbocycles. The van der Waals surface area contributed by atoms with Gasteiger partial charge in [0.15, 0.2) is 5.76 Å². The molecule has 25 heavy (non-hydrogen) atoms. The van der Waals surface area contributed by atoms with Crippen molar-refractivity contribution < 1.29 is 9.90 Å². The summed E-state index contributed by atoms with van der Waals surface area (Å²) in [7, 11) is 0. The van der Waals surface area contributed by atoms with Crippen molar-refractivity contribution >= 4 is 5.91 Å². The van der Waals surface area contributed by atoms with Gasteiger partial charge in [-0.1, -0.05) is 46.0 Å². The molecule has 1 aliphatic heterocycles. The Labute approximate surface area is 151 Å². The van der Waals surface area contributed by atoms with Crippen LogP contribution in [0.25, 0.3) is 0 Å². The van der Waals surface area contributed by atoms with Gasteiger partial charge in [0.25, 0.3) is 5.91 Å². The molecule has 0 spiro atoms. The molecule has 5 heteroatoms. The number of carbonyl (C=O) groups is 1. The summed E-state index contributed by atoms with van der Waals surface area (Å²) in [5, 5.41) is 10.4. The number of hydrogen-bond donors (Lipinski definition) is 1. The van der Waals surface area contributed by atoms with E-state index in [-0.39, 0.29) is 17.7 Å². The van der Waals surface area contributed by atoms with Crippen LogP contribution >= 0.6 is 0 Å². The van der Waals surface area contributed by atoms with Gasteiger partial charge >= 0.3 is 0 Å². The van der Waals surface area contributed by atoms with Gasteiger partial charge in [0.1, 0.15) is 0 Å². The first-order valence-electron chi connectivity index (χ1n) is 9.87. The fourth-order valence-corrected chi connectivity index (χ4v) is 3.63. The summed E-state index contributed by atoms with van der Waals surface area (Å²) in [6.07, 6.45) is 15.0. The molecule has 0 bridgehead atoms. The Balaban J connectivity index is 1.98. The maximum absolute atomic E-state index is 12.6. The topological polar surface area (TPSA) is 58.4 Å². The fourth-order valence-electron chi connectivity index (χ4n) is 3.63. The second kappa shape index (κ2) is 10.3. The quantitative estimate of drug-likeness (QED) is 0.568. The zero-order valence-electron chi connectivity index (χ0n) is 15.8. The van der Waals surface area contributed by atoms with Crippen molar-refractivity contribution in [2.45, 2.75) is 84.2 Å². The van der Waals surface area contributed by atoms with E-state index in [9.17, 15) is 9.90 Å². The minimum atomic E-state index is -0.168. The monoisotopic (exact) mass is 347 g/mol. The lowest BCUT2D eigenvalue weighted by Crippen LogP contribution is -2.37. The van der Waals surface area contributed by atoms with E-state index in [1.54, 1.807) is 12.5 Å². The number of nitrogens with zero attached hydrogens (tertiary/aromatic N) is 3. The molecule has 2 rings (SSSR count). The van der Waals surface area contributed by atoms with Crippen LogP contribution in [0.15, 0.2) is 30.1 Å². The normalized spacial score (nSPS) is 17.8. The minimum Gasteiger partial charge on any atom is -0.503 e. The van der Waals surface area contributed by atoms with Crippen LogP contribution in [0.1, 0.15) is 71.6 Å². The van der Waals surface area contributed by atoms with E-state index in [1.807, 2.05) is 15.7 Å². The molecular formula is C20H33N3O2. The average molecular weight is 348 g/mol. The molecule has 1 unspecified atom stereocenters. The Hall–Kier alpha value is -1.78. The molecule has 1 N–H and O–H groups in total. The van der Waals surface area contributed by atoms with Crippen molar-refractivity contribution in [2.24, 2.45) is 0 Å². The fraction of sp³-hybridized carbons (Fsp3) is 0.700. The van der Waals surface area contributed by atoms with Crippen molar-refractivity contribution in [2.75, 3.05) is 6.54 Å². The van der Waals surface area contributed by atoms with Crippen LogP contribution < -0.4 is 0 Å². The molecule has 1 amide bonds. The molecule has 0 fully saturated rings. The molecule has 5 nitrogen and oxygen atoms in total. The molecule has 1 aromatic heterocycles. The highest BCUT2D eigenvalue weighted by molar-refractivity contribution is 5.95. The van der Waals surface area contributed by atoms with Gasteiger partial charge in [0, 0.05) is 25.5 Å². The van der Waals surface area contributed by atoms with Crippen LogP contribution in [-0.2, 0) is 11.3 Å². The van der Waals surface area contributed by atoms with Crippen molar-refractivity contribution in [1.82, 2.24) is 14.5 Å². The summed E-state index contributed by atoms with van der Waals surface area (Å²) in [5.41, 5.74) is 0.984. The molecule has 0 radical (unpaired) electrons. The van der Waals surface area contributed by atoms with Crippen LogP contribution in [0.5, 0.6) is 0 Å². The molecule has 2 heterocycles. The number of aryl methyl sites for hydroxylation is 1. The molecule has 0 saturated heterocycles. The molecule has 0 aliphatic carbocycles. The number of hydrogen-bond acceptors (Lipinski definition) is 3. The molecule has 1 aromatic rings. The van der Waals surface area contributed by atoms with Gasteiger partial charge in [-0.25, -0.2) is 4.98 Å². The number of rotatable bonds is 12. The summed E-state index contributed by atoms with van der Waals surface area (Å²) in [4.78, 5) is 18.5. The van der Waals surface area contributed by atoms with Gasteiger partial charge in [-0.05, 0) is 31.3 Å². The Bertz CT molecular complexity index is 551. The Morgan fingerprint density at radius 3 is 2.52 bits per heavy atom. The summed E-state index contributed by atoms with van der Waals surface area (Å²) < 4.78 is 2.03. The zero-order valence-corrected chi connectivity index (χ0v) is 15.8. The third-order valence-corrected chi connectivity index (χ3v) is 5.05. The second-order valence-corrected chi connectivity index (χ2v) is 7.00. The molecule has 140 valence electrons. The van der Waals surface area contributed by atoms with Gasteiger partial charge < -0.3 is 14.6 Å². The predicted octanol–water partition coefficient (Wildman–Crippen LogP) is 4.46. The largest absolute Gasteiger partial charge is 0.503 e. The summed E-state index contributed by atoms with van der Waals surface area (Å²) in [5.74, 6) is -0.140. The van der Waals surface area contributed by atoms with Gasteiger partial charge in [0.2, 0.25) is 0 Å². The van der Waals surface area contributed by atoms with Gasteiger partial charge in [-0.3, -0.25) is 4.79 Å². The van der Waals surface area contributed by atoms with Crippen LogP contribution in [0, 0.1) is 0 Å². The number of aliphatic hydroxyl groups excluding tert-OH is 1. The lowest BCUT2D eigenvalue weighted by atomic mass is 9.96. The Kier molecular flexibility index (Phi) is 8.02. The highest BCUT2D eigenvalue weighted by Crippen LogP contribution is 2.32. The lowest BCUT2D eigenvalue weighted by Gasteiger charge is -2.27. The maximum atomic E-state index is 12.6. The third kappa shape index (κ3) is 5.35. The Morgan fingerprint density at radius 1 is 1.08 bits per heavy atom. The molecule has 1 aliphatic rings. The van der Waals surface area contributed by atoms with Crippen molar-refractivity contribution in [1.29, 1.82) is 0 Å². The van der Waals surface area contributed by atoms with E-state index in [2.05, 4.69) is 18.8 Å². The van der Waals surface area contributed by atoms with Crippen LogP contribution in [0.3, 0.4) is 0 Å². The van der Waals surface area contributed by atoms with E-state index in [0.717, 1.165) is 57.1 Å². The summed E-state index contributed by atoms with van der Waals surface area (Å²) >= 11 is 0. The van der Waals surface area contributed by atoms with Crippen molar-refractivity contribution in [3.63, 3.8) is 0 Å². The number of unbranched alkanes of at least 4 members (excludes halogenated alkanes) is 4. The van der Waals surface area contributed by atoms with Crippen LogP contribution in [-0.4, -0.2) is 38.1 Å². The van der Waals surface area contributed by atoms with Gasteiger partial charge in [-0.15, -0.1) is 0 Å². The van der Waals surface area contributed by atoms with Crippen LogP contribution in [0.4, 0.5) is 0 Å². The first-order chi connectivity index (χ1) is 12.2.